The number of carbonyl (C=O) groups is 2. The Labute approximate surface area is 155 Å². The number of ketones is 1. The Morgan fingerprint density at radius 1 is 1.23 bits per heavy atom. The number of allylic oxidation sites excluding steroid dienone is 1. The van der Waals surface area contributed by atoms with Crippen molar-refractivity contribution in [3.63, 3.8) is 0 Å². The fourth-order valence-corrected chi connectivity index (χ4v) is 4.22. The minimum atomic E-state index is -0.0634. The molecule has 3 aromatic rings. The summed E-state index contributed by atoms with van der Waals surface area (Å²) in [6, 6.07) is 7.25. The molecule has 0 radical (unpaired) electrons. The predicted octanol–water partition coefficient (Wildman–Crippen LogP) is 4.04. The minimum absolute atomic E-state index is 0.0634. The van der Waals surface area contributed by atoms with Crippen LogP contribution in [0.15, 0.2) is 35.7 Å². The second-order valence-electron chi connectivity index (χ2n) is 6.47. The molecular weight excluding hydrogens is 346 g/mol. The molecule has 1 aliphatic rings. The van der Waals surface area contributed by atoms with Crippen LogP contribution in [0.2, 0.25) is 0 Å². The highest BCUT2D eigenvalue weighted by Gasteiger charge is 2.21. The fourth-order valence-electron chi connectivity index (χ4n) is 3.30. The minimum Gasteiger partial charge on any atom is -0.312 e. The van der Waals surface area contributed by atoms with Crippen molar-refractivity contribution in [2.45, 2.75) is 26.7 Å². The molecule has 3 heterocycles. The highest BCUT2D eigenvalue weighted by atomic mass is 32.1. The van der Waals surface area contributed by atoms with Crippen molar-refractivity contribution >= 4 is 39.8 Å². The Bertz CT molecular complexity index is 1030. The van der Waals surface area contributed by atoms with Gasteiger partial charge in [0.25, 0.3) is 0 Å². The molecule has 0 aliphatic carbocycles. The average molecular weight is 365 g/mol. The lowest BCUT2D eigenvalue weighted by molar-refractivity contribution is -0.117. The van der Waals surface area contributed by atoms with E-state index in [0.29, 0.717) is 12.0 Å². The zero-order chi connectivity index (χ0) is 18.3. The summed E-state index contributed by atoms with van der Waals surface area (Å²) in [4.78, 5) is 31.6. The van der Waals surface area contributed by atoms with E-state index >= 15 is 0 Å². The van der Waals surface area contributed by atoms with Gasteiger partial charge in [-0.2, -0.15) is 0 Å². The van der Waals surface area contributed by atoms with Gasteiger partial charge in [0.05, 0.1) is 11.4 Å². The molecule has 0 atom stereocenters. The van der Waals surface area contributed by atoms with Crippen molar-refractivity contribution in [3.8, 4) is 0 Å². The van der Waals surface area contributed by atoms with Crippen LogP contribution in [0.5, 0.6) is 0 Å². The number of aryl methyl sites for hydroxylation is 2. The van der Waals surface area contributed by atoms with Crippen LogP contribution in [-0.2, 0) is 4.79 Å². The summed E-state index contributed by atoms with van der Waals surface area (Å²) in [5.41, 5.74) is 4.42. The molecule has 5 nitrogen and oxygen atoms in total. The maximum Gasteiger partial charge on any atom is 0.227 e. The summed E-state index contributed by atoms with van der Waals surface area (Å²) in [7, 11) is 0. The highest BCUT2D eigenvalue weighted by molar-refractivity contribution is 7.15. The molecule has 1 aliphatic heterocycles. The largest absolute Gasteiger partial charge is 0.312 e. The Hall–Kier alpha value is -2.73. The van der Waals surface area contributed by atoms with E-state index in [1.165, 1.54) is 0 Å². The number of imidazole rings is 1. The van der Waals surface area contributed by atoms with Crippen molar-refractivity contribution in [3.05, 3.63) is 58.4 Å². The van der Waals surface area contributed by atoms with Crippen LogP contribution in [0, 0.1) is 13.8 Å². The van der Waals surface area contributed by atoms with Gasteiger partial charge in [-0.05, 0) is 56.7 Å². The van der Waals surface area contributed by atoms with Crippen molar-refractivity contribution < 1.29 is 9.59 Å². The number of fused-ring (bicyclic) bond motifs is 1. The number of carbonyl (C=O) groups excluding carboxylic acids is 2. The number of thiazole rings is 1. The second-order valence-corrected chi connectivity index (χ2v) is 7.31. The van der Waals surface area contributed by atoms with Gasteiger partial charge in [0.15, 0.2) is 10.7 Å². The quantitative estimate of drug-likeness (QED) is 0.518. The smallest absolute Gasteiger partial charge is 0.227 e. The molecule has 0 bridgehead atoms. The van der Waals surface area contributed by atoms with E-state index in [9.17, 15) is 9.59 Å². The van der Waals surface area contributed by atoms with Crippen molar-refractivity contribution in [1.29, 1.82) is 0 Å². The fraction of sp³-hybridized carbons (Fsp3) is 0.250. The molecule has 1 saturated heterocycles. The van der Waals surface area contributed by atoms with Gasteiger partial charge in [-0.15, -0.1) is 11.3 Å². The van der Waals surface area contributed by atoms with E-state index in [2.05, 4.69) is 14.8 Å². The number of amides is 1. The van der Waals surface area contributed by atoms with E-state index in [1.807, 2.05) is 32.1 Å². The van der Waals surface area contributed by atoms with Gasteiger partial charge in [0.2, 0.25) is 5.91 Å². The zero-order valence-electron chi connectivity index (χ0n) is 14.7. The number of aromatic nitrogens is 2. The first-order chi connectivity index (χ1) is 12.5. The Balaban J connectivity index is 1.56. The average Bonchev–Trinajstić information content (AvgIpc) is 3.30. The number of nitrogens with zero attached hydrogens (tertiary/aromatic N) is 3. The van der Waals surface area contributed by atoms with Gasteiger partial charge in [0, 0.05) is 35.3 Å². The second kappa shape index (κ2) is 6.53. The summed E-state index contributed by atoms with van der Waals surface area (Å²) in [5, 5.41) is 2.05. The number of benzene rings is 1. The third kappa shape index (κ3) is 2.86. The maximum atomic E-state index is 12.5. The molecule has 6 heteroatoms. The monoisotopic (exact) mass is 365 g/mol. The normalized spacial score (nSPS) is 14.8. The lowest BCUT2D eigenvalue weighted by Gasteiger charge is -2.15. The van der Waals surface area contributed by atoms with Gasteiger partial charge < -0.3 is 4.90 Å². The summed E-state index contributed by atoms with van der Waals surface area (Å²) in [6.45, 7) is 4.73. The Morgan fingerprint density at radius 2 is 2.00 bits per heavy atom. The molecule has 0 unspecified atom stereocenters. The van der Waals surface area contributed by atoms with Crippen LogP contribution in [0.4, 0.5) is 5.69 Å². The lowest BCUT2D eigenvalue weighted by atomic mass is 10.1. The molecule has 0 spiro atoms. The first kappa shape index (κ1) is 16.7. The van der Waals surface area contributed by atoms with E-state index in [4.69, 9.17) is 0 Å². The third-order valence-electron chi connectivity index (χ3n) is 4.68. The van der Waals surface area contributed by atoms with Crippen LogP contribution in [0.25, 0.3) is 11.0 Å². The number of rotatable bonds is 4. The number of hydrogen-bond acceptors (Lipinski definition) is 4. The first-order valence-corrected chi connectivity index (χ1v) is 9.48. The van der Waals surface area contributed by atoms with E-state index < -0.39 is 0 Å². The topological polar surface area (TPSA) is 54.7 Å². The highest BCUT2D eigenvalue weighted by Crippen LogP contribution is 2.23. The van der Waals surface area contributed by atoms with Gasteiger partial charge in [-0.3, -0.25) is 14.0 Å². The van der Waals surface area contributed by atoms with E-state index in [-0.39, 0.29) is 11.7 Å². The molecule has 1 aromatic carbocycles. The van der Waals surface area contributed by atoms with Crippen molar-refractivity contribution in [2.24, 2.45) is 0 Å². The molecule has 2 aromatic heterocycles. The molecule has 0 saturated carbocycles. The molecule has 26 heavy (non-hydrogen) atoms. The molecule has 0 N–H and O–H groups in total. The van der Waals surface area contributed by atoms with Crippen LogP contribution >= 0.6 is 11.3 Å². The molecular formula is C20H19N3O2S. The number of hydrogen-bond donors (Lipinski definition) is 0. The van der Waals surface area contributed by atoms with Crippen LogP contribution < -0.4 is 4.90 Å². The van der Waals surface area contributed by atoms with E-state index in [0.717, 1.165) is 40.7 Å². The molecule has 132 valence electrons. The predicted molar refractivity (Wildman–Crippen MR) is 104 cm³/mol. The maximum absolute atomic E-state index is 12.5. The standard InChI is InChI=1S/C20H19N3O2S/c1-13-12-26-20-21-14(2)17(23(13)20)9-10-18(24)15-5-7-16(8-6-15)22-11-3-4-19(22)25/h5-10,12H,3-4,11H2,1-2H3/b10-9+. The summed E-state index contributed by atoms with van der Waals surface area (Å²) in [5.74, 6) is 0.0851. The summed E-state index contributed by atoms with van der Waals surface area (Å²) < 4.78 is 2.06. The van der Waals surface area contributed by atoms with Gasteiger partial charge in [-0.25, -0.2) is 4.98 Å². The van der Waals surface area contributed by atoms with Gasteiger partial charge in [0.1, 0.15) is 0 Å². The van der Waals surface area contributed by atoms with Crippen LogP contribution in [0.1, 0.15) is 40.3 Å². The SMILES string of the molecule is Cc1nc2scc(C)n2c1/C=C/C(=O)c1ccc(N2CCCC2=O)cc1. The van der Waals surface area contributed by atoms with Crippen molar-refractivity contribution in [1.82, 2.24) is 9.38 Å². The zero-order valence-corrected chi connectivity index (χ0v) is 15.5. The van der Waals surface area contributed by atoms with Crippen LogP contribution in [0.3, 0.4) is 0 Å². The lowest BCUT2D eigenvalue weighted by Crippen LogP contribution is -2.23. The Kier molecular flexibility index (Phi) is 4.20. The summed E-state index contributed by atoms with van der Waals surface area (Å²) >= 11 is 1.59. The molecule has 1 amide bonds. The number of anilines is 1. The molecule has 4 rings (SSSR count). The van der Waals surface area contributed by atoms with Gasteiger partial charge >= 0.3 is 0 Å². The van der Waals surface area contributed by atoms with Crippen molar-refractivity contribution in [2.75, 3.05) is 11.4 Å². The molecule has 1 fully saturated rings. The van der Waals surface area contributed by atoms with Crippen LogP contribution in [-0.4, -0.2) is 27.6 Å². The Morgan fingerprint density at radius 3 is 2.69 bits per heavy atom. The van der Waals surface area contributed by atoms with E-state index in [1.54, 1.807) is 34.4 Å². The summed E-state index contributed by atoms with van der Waals surface area (Å²) in [6.07, 6.45) is 4.91. The van der Waals surface area contributed by atoms with Gasteiger partial charge in [-0.1, -0.05) is 0 Å². The first-order valence-electron chi connectivity index (χ1n) is 8.60. The third-order valence-corrected chi connectivity index (χ3v) is 5.63.